The van der Waals surface area contributed by atoms with Crippen LogP contribution in [-0.2, 0) is 4.79 Å². The van der Waals surface area contributed by atoms with Gasteiger partial charge in [0.15, 0.2) is 11.5 Å². The molecule has 1 aliphatic carbocycles. The van der Waals surface area contributed by atoms with Gasteiger partial charge in [0.1, 0.15) is 5.70 Å². The van der Waals surface area contributed by atoms with Gasteiger partial charge in [-0.05, 0) is 49.1 Å². The molecule has 0 fully saturated rings. The summed E-state index contributed by atoms with van der Waals surface area (Å²) in [6.07, 6.45) is 0. The number of nitrogens with one attached hydrogen (secondary N) is 1. The van der Waals surface area contributed by atoms with Crippen LogP contribution in [0.1, 0.15) is 31.0 Å². The Morgan fingerprint density at radius 1 is 1.00 bits per heavy atom. The summed E-state index contributed by atoms with van der Waals surface area (Å²) in [6, 6.07) is 16.6. The van der Waals surface area contributed by atoms with Gasteiger partial charge >= 0.3 is 0 Å². The summed E-state index contributed by atoms with van der Waals surface area (Å²) in [5, 5.41) is 11.9. The molecule has 7 heteroatoms. The number of aromatic nitrogens is 2. The lowest BCUT2D eigenvalue weighted by Crippen LogP contribution is -2.14. The van der Waals surface area contributed by atoms with Gasteiger partial charge in [-0.25, -0.2) is 4.68 Å². The van der Waals surface area contributed by atoms with E-state index in [4.69, 9.17) is 11.6 Å². The first-order chi connectivity index (χ1) is 14.4. The molecule has 0 bridgehead atoms. The fourth-order valence-electron chi connectivity index (χ4n) is 3.82. The number of carbonyl (C=O) groups is 1. The predicted octanol–water partition coefficient (Wildman–Crippen LogP) is 5.49. The zero-order valence-corrected chi connectivity index (χ0v) is 17.6. The van der Waals surface area contributed by atoms with E-state index >= 15 is 0 Å². The van der Waals surface area contributed by atoms with Crippen molar-refractivity contribution in [2.24, 2.45) is 16.1 Å². The maximum Gasteiger partial charge on any atom is 0.299 e. The van der Waals surface area contributed by atoms with Crippen LogP contribution in [0.2, 0.25) is 5.02 Å². The van der Waals surface area contributed by atoms with E-state index in [2.05, 4.69) is 15.3 Å². The van der Waals surface area contributed by atoms with Gasteiger partial charge in [-0.2, -0.15) is 0 Å². The monoisotopic (exact) mass is 420 g/mol. The number of halogens is 1. The van der Waals surface area contributed by atoms with Gasteiger partial charge in [0.05, 0.1) is 17.3 Å². The zero-order valence-electron chi connectivity index (χ0n) is 16.9. The van der Waals surface area contributed by atoms with Crippen molar-refractivity contribution >= 4 is 23.1 Å². The topological polar surface area (TPSA) is 79.6 Å². The molecular weight excluding hydrogens is 400 g/mol. The van der Waals surface area contributed by atoms with Gasteiger partial charge in [0.2, 0.25) is 0 Å². The van der Waals surface area contributed by atoms with Crippen molar-refractivity contribution in [3.63, 3.8) is 0 Å². The molecule has 2 unspecified atom stereocenters. The number of hydrogen-bond acceptors (Lipinski definition) is 4. The number of Topliss-reactive ketones (excluding diaryl/α,β-unsaturated/α-hetero) is 1. The highest BCUT2D eigenvalue weighted by atomic mass is 35.5. The second kappa shape index (κ2) is 7.88. The van der Waals surface area contributed by atoms with E-state index in [9.17, 15) is 9.59 Å². The van der Waals surface area contributed by atoms with E-state index < -0.39 is 0 Å². The third-order valence-electron chi connectivity index (χ3n) is 5.59. The third-order valence-corrected chi connectivity index (χ3v) is 5.82. The molecule has 4 rings (SSSR count). The van der Waals surface area contributed by atoms with E-state index in [1.807, 2.05) is 44.2 Å². The highest BCUT2D eigenvalue weighted by Crippen LogP contribution is 2.41. The number of aryl methyl sites for hydroxylation is 1. The van der Waals surface area contributed by atoms with Gasteiger partial charge in [0, 0.05) is 5.02 Å². The zero-order chi connectivity index (χ0) is 21.4. The average molecular weight is 421 g/mol. The minimum atomic E-state index is -0.352. The molecule has 1 aliphatic rings. The quantitative estimate of drug-likeness (QED) is 0.566. The van der Waals surface area contributed by atoms with Crippen molar-refractivity contribution in [3.8, 4) is 5.69 Å². The summed E-state index contributed by atoms with van der Waals surface area (Å²) in [4.78, 5) is 25.9. The van der Waals surface area contributed by atoms with E-state index in [-0.39, 0.29) is 28.9 Å². The first kappa shape index (κ1) is 20.0. The molecule has 0 radical (unpaired) electrons. The van der Waals surface area contributed by atoms with Gasteiger partial charge in [-0.15, -0.1) is 10.2 Å². The molecule has 0 saturated heterocycles. The van der Waals surface area contributed by atoms with Gasteiger partial charge in [-0.1, -0.05) is 54.9 Å². The molecule has 30 heavy (non-hydrogen) atoms. The number of azo groups is 1. The minimum Gasteiger partial charge on any atom is -0.293 e. The summed E-state index contributed by atoms with van der Waals surface area (Å²) in [5.74, 6) is -0.335. The Kier molecular flexibility index (Phi) is 5.26. The Morgan fingerprint density at radius 2 is 1.73 bits per heavy atom. The Morgan fingerprint density at radius 3 is 2.43 bits per heavy atom. The van der Waals surface area contributed by atoms with Crippen LogP contribution in [-0.4, -0.2) is 15.6 Å². The second-order valence-electron chi connectivity index (χ2n) is 7.48. The first-order valence-corrected chi connectivity index (χ1v) is 10.1. The normalized spacial score (nSPS) is 19.3. The largest absolute Gasteiger partial charge is 0.299 e. The van der Waals surface area contributed by atoms with E-state index in [0.717, 1.165) is 11.1 Å². The Balaban J connectivity index is 1.68. The van der Waals surface area contributed by atoms with Crippen molar-refractivity contribution in [2.75, 3.05) is 0 Å². The van der Waals surface area contributed by atoms with Crippen molar-refractivity contribution in [1.29, 1.82) is 0 Å². The van der Waals surface area contributed by atoms with E-state index in [1.165, 1.54) is 4.68 Å². The van der Waals surface area contributed by atoms with E-state index in [1.54, 1.807) is 31.2 Å². The van der Waals surface area contributed by atoms with Crippen molar-refractivity contribution in [1.82, 2.24) is 9.78 Å². The fraction of sp³-hybridized carbons (Fsp3) is 0.217. The SMILES string of the molecule is CC1=C(N=Nc2c(C)[nH]n(-c3cccc(Cl)c3)c2=O)C(=O)C(c2ccccc2)C1C. The lowest BCUT2D eigenvalue weighted by Gasteiger charge is -2.15. The molecule has 2 atom stereocenters. The van der Waals surface area contributed by atoms with Gasteiger partial charge in [0.25, 0.3) is 5.56 Å². The van der Waals surface area contributed by atoms with Gasteiger partial charge < -0.3 is 0 Å². The molecule has 6 nitrogen and oxygen atoms in total. The molecule has 0 aliphatic heterocycles. The number of nitrogens with zero attached hydrogens (tertiary/aromatic N) is 3. The summed E-state index contributed by atoms with van der Waals surface area (Å²) < 4.78 is 1.36. The van der Waals surface area contributed by atoms with Crippen LogP contribution in [0.15, 0.2) is 80.9 Å². The van der Waals surface area contributed by atoms with Crippen molar-refractivity contribution < 1.29 is 4.79 Å². The van der Waals surface area contributed by atoms with Crippen LogP contribution >= 0.6 is 11.6 Å². The predicted molar refractivity (Wildman–Crippen MR) is 117 cm³/mol. The standard InChI is InChI=1S/C23H21ClN4O2/c1-13-14(2)20(22(29)19(13)16-8-5-4-6-9-16)25-26-21-15(3)27-28(23(21)30)18-11-7-10-17(24)12-18/h4-13,19,27H,1-3H3. The molecule has 2 aromatic carbocycles. The summed E-state index contributed by atoms with van der Waals surface area (Å²) in [5.41, 5.74) is 3.13. The smallest absolute Gasteiger partial charge is 0.293 e. The van der Waals surface area contributed by atoms with Gasteiger partial charge in [-0.3, -0.25) is 14.7 Å². The van der Waals surface area contributed by atoms with Crippen LogP contribution in [0.25, 0.3) is 5.69 Å². The molecular formula is C23H21ClN4O2. The summed E-state index contributed by atoms with van der Waals surface area (Å²) in [7, 11) is 0. The van der Waals surface area contributed by atoms with Crippen molar-refractivity contribution in [2.45, 2.75) is 26.7 Å². The van der Waals surface area contributed by atoms with E-state index in [0.29, 0.717) is 22.1 Å². The van der Waals surface area contributed by atoms with Crippen LogP contribution in [0.3, 0.4) is 0 Å². The molecule has 0 spiro atoms. The number of ketones is 1. The molecule has 0 amide bonds. The number of aromatic amines is 1. The number of allylic oxidation sites excluding steroid dienone is 2. The highest BCUT2D eigenvalue weighted by Gasteiger charge is 2.38. The van der Waals surface area contributed by atoms with Crippen LogP contribution < -0.4 is 5.56 Å². The second-order valence-corrected chi connectivity index (χ2v) is 7.92. The summed E-state index contributed by atoms with van der Waals surface area (Å²) in [6.45, 7) is 5.65. The first-order valence-electron chi connectivity index (χ1n) is 9.67. The number of benzene rings is 2. The molecule has 1 heterocycles. The molecule has 152 valence electrons. The maximum absolute atomic E-state index is 13.1. The Labute approximate surface area is 178 Å². The Hall–Kier alpha value is -3.25. The maximum atomic E-state index is 13.1. The molecule has 1 N–H and O–H groups in total. The molecule has 3 aromatic rings. The lowest BCUT2D eigenvalue weighted by atomic mass is 9.87. The number of rotatable bonds is 4. The molecule has 1 aromatic heterocycles. The lowest BCUT2D eigenvalue weighted by molar-refractivity contribution is -0.116. The molecule has 0 saturated carbocycles. The number of hydrogen-bond donors (Lipinski definition) is 1. The Bertz CT molecular complexity index is 1240. The van der Waals surface area contributed by atoms with Crippen molar-refractivity contribution in [3.05, 3.63) is 92.5 Å². The number of H-pyrrole nitrogens is 1. The third kappa shape index (κ3) is 3.44. The fourth-order valence-corrected chi connectivity index (χ4v) is 4.00. The van der Waals surface area contributed by atoms with Crippen LogP contribution in [0.4, 0.5) is 5.69 Å². The van der Waals surface area contributed by atoms with Crippen LogP contribution in [0.5, 0.6) is 0 Å². The van der Waals surface area contributed by atoms with Crippen LogP contribution in [0, 0.1) is 12.8 Å². The minimum absolute atomic E-state index is 0.0179. The average Bonchev–Trinajstić information content (AvgIpc) is 3.13. The highest BCUT2D eigenvalue weighted by molar-refractivity contribution is 6.30. The summed E-state index contributed by atoms with van der Waals surface area (Å²) >= 11 is 6.04. The number of carbonyl (C=O) groups excluding carboxylic acids is 1.